The van der Waals surface area contributed by atoms with Crippen molar-refractivity contribution in [1.29, 1.82) is 0 Å². The monoisotopic (exact) mass is 398 g/mol. The summed E-state index contributed by atoms with van der Waals surface area (Å²) in [6.07, 6.45) is 0.971. The highest BCUT2D eigenvalue weighted by Crippen LogP contribution is 2.23. The van der Waals surface area contributed by atoms with Crippen molar-refractivity contribution in [2.24, 2.45) is 5.92 Å². The smallest absolute Gasteiger partial charge is 0.335 e. The SMILES string of the molecule is COc1cc(C(=O)O)ccc1CCNC(=O)C(C(C)C)N1CCCS1(=O)=O. The van der Waals surface area contributed by atoms with Gasteiger partial charge in [0.25, 0.3) is 0 Å². The topological polar surface area (TPSA) is 113 Å². The largest absolute Gasteiger partial charge is 0.496 e. The predicted octanol–water partition coefficient (Wildman–Crippen LogP) is 1.11. The van der Waals surface area contributed by atoms with Crippen LogP contribution < -0.4 is 10.1 Å². The van der Waals surface area contributed by atoms with Crippen molar-refractivity contribution in [3.8, 4) is 5.75 Å². The zero-order chi connectivity index (χ0) is 20.2. The molecule has 1 amide bonds. The maximum absolute atomic E-state index is 12.6. The van der Waals surface area contributed by atoms with E-state index in [4.69, 9.17) is 9.84 Å². The van der Waals surface area contributed by atoms with Gasteiger partial charge in [-0.2, -0.15) is 4.31 Å². The first-order valence-electron chi connectivity index (χ1n) is 8.85. The van der Waals surface area contributed by atoms with E-state index in [0.29, 0.717) is 31.7 Å². The van der Waals surface area contributed by atoms with E-state index in [1.54, 1.807) is 6.07 Å². The number of sulfonamides is 1. The number of hydrogen-bond donors (Lipinski definition) is 2. The molecular weight excluding hydrogens is 372 g/mol. The van der Waals surface area contributed by atoms with Gasteiger partial charge in [0, 0.05) is 13.1 Å². The van der Waals surface area contributed by atoms with Crippen molar-refractivity contribution in [3.05, 3.63) is 29.3 Å². The number of nitrogens with zero attached hydrogens (tertiary/aromatic N) is 1. The summed E-state index contributed by atoms with van der Waals surface area (Å²) in [7, 11) is -1.93. The third-order valence-electron chi connectivity index (χ3n) is 4.58. The predicted molar refractivity (Wildman–Crippen MR) is 100 cm³/mol. The summed E-state index contributed by atoms with van der Waals surface area (Å²) in [5, 5.41) is 11.8. The molecule has 150 valence electrons. The van der Waals surface area contributed by atoms with Gasteiger partial charge in [-0.15, -0.1) is 0 Å². The Morgan fingerprint density at radius 1 is 1.33 bits per heavy atom. The van der Waals surface area contributed by atoms with E-state index in [2.05, 4.69) is 5.32 Å². The highest BCUT2D eigenvalue weighted by Gasteiger charge is 2.39. The number of ether oxygens (including phenoxy) is 1. The number of nitrogens with one attached hydrogen (secondary N) is 1. The van der Waals surface area contributed by atoms with Crippen molar-refractivity contribution in [2.75, 3.05) is 26.0 Å². The second-order valence-corrected chi connectivity index (χ2v) is 8.88. The highest BCUT2D eigenvalue weighted by atomic mass is 32.2. The molecule has 1 aliphatic rings. The van der Waals surface area contributed by atoms with Gasteiger partial charge in [-0.05, 0) is 36.5 Å². The average molecular weight is 398 g/mol. The lowest BCUT2D eigenvalue weighted by Crippen LogP contribution is -2.50. The van der Waals surface area contributed by atoms with Crippen LogP contribution in [0.15, 0.2) is 18.2 Å². The van der Waals surface area contributed by atoms with E-state index in [-0.39, 0.29) is 23.1 Å². The molecule has 0 spiro atoms. The van der Waals surface area contributed by atoms with Gasteiger partial charge in [0.15, 0.2) is 0 Å². The molecule has 9 heteroatoms. The average Bonchev–Trinajstić information content (AvgIpc) is 2.93. The van der Waals surface area contributed by atoms with Gasteiger partial charge in [0.1, 0.15) is 11.8 Å². The zero-order valence-electron chi connectivity index (χ0n) is 15.8. The normalized spacial score (nSPS) is 17.6. The van der Waals surface area contributed by atoms with Crippen LogP contribution in [0.4, 0.5) is 0 Å². The molecule has 2 N–H and O–H groups in total. The van der Waals surface area contributed by atoms with Crippen molar-refractivity contribution in [1.82, 2.24) is 9.62 Å². The van der Waals surface area contributed by atoms with Crippen LogP contribution in [0.3, 0.4) is 0 Å². The standard InChI is InChI=1S/C18H26N2O6S/c1-12(2)16(20-9-4-10-27(20,24)25)17(21)19-8-7-13-5-6-14(18(22)23)11-15(13)26-3/h5-6,11-12,16H,4,7-10H2,1-3H3,(H,19,21)(H,22,23). The molecule has 1 aromatic carbocycles. The molecule has 1 aliphatic heterocycles. The second-order valence-electron chi connectivity index (χ2n) is 6.84. The molecule has 1 fully saturated rings. The Morgan fingerprint density at radius 2 is 2.04 bits per heavy atom. The first-order chi connectivity index (χ1) is 12.7. The van der Waals surface area contributed by atoms with Crippen LogP contribution in [-0.4, -0.2) is 61.7 Å². The number of carboxylic acid groups (broad SMARTS) is 1. The summed E-state index contributed by atoms with van der Waals surface area (Å²) in [6, 6.07) is 3.84. The maximum Gasteiger partial charge on any atom is 0.335 e. The lowest BCUT2D eigenvalue weighted by Gasteiger charge is -2.28. The first kappa shape index (κ1) is 21.2. The maximum atomic E-state index is 12.6. The van der Waals surface area contributed by atoms with Gasteiger partial charge >= 0.3 is 5.97 Å². The van der Waals surface area contributed by atoms with Gasteiger partial charge < -0.3 is 15.2 Å². The fourth-order valence-electron chi connectivity index (χ4n) is 3.25. The fraction of sp³-hybridized carbons (Fsp3) is 0.556. The van der Waals surface area contributed by atoms with Gasteiger partial charge in [0.2, 0.25) is 15.9 Å². The summed E-state index contributed by atoms with van der Waals surface area (Å²) in [6.45, 7) is 4.30. The summed E-state index contributed by atoms with van der Waals surface area (Å²) >= 11 is 0. The number of methoxy groups -OCH3 is 1. The molecule has 27 heavy (non-hydrogen) atoms. The molecule has 0 aromatic heterocycles. The molecule has 1 unspecified atom stereocenters. The van der Waals surface area contributed by atoms with Crippen LogP contribution in [0.25, 0.3) is 0 Å². The van der Waals surface area contributed by atoms with Crippen LogP contribution in [0.1, 0.15) is 36.2 Å². The van der Waals surface area contributed by atoms with E-state index in [0.717, 1.165) is 5.56 Å². The van der Waals surface area contributed by atoms with Crippen LogP contribution in [-0.2, 0) is 21.2 Å². The van der Waals surface area contributed by atoms with E-state index in [1.807, 2.05) is 13.8 Å². The quantitative estimate of drug-likeness (QED) is 0.678. The minimum absolute atomic E-state index is 0.0800. The number of carbonyl (C=O) groups excluding carboxylic acids is 1. The van der Waals surface area contributed by atoms with Crippen LogP contribution in [0.2, 0.25) is 0 Å². The Balaban J connectivity index is 2.03. The first-order valence-corrected chi connectivity index (χ1v) is 10.5. The van der Waals surface area contributed by atoms with Crippen LogP contribution >= 0.6 is 0 Å². The van der Waals surface area contributed by atoms with E-state index in [1.165, 1.54) is 23.5 Å². The van der Waals surface area contributed by atoms with Crippen LogP contribution in [0, 0.1) is 5.92 Å². The molecule has 1 heterocycles. The minimum atomic E-state index is -3.38. The second kappa shape index (κ2) is 8.71. The molecule has 8 nitrogen and oxygen atoms in total. The van der Waals surface area contributed by atoms with Gasteiger partial charge in [-0.3, -0.25) is 4.79 Å². The Bertz CT molecular complexity index is 806. The third-order valence-corrected chi connectivity index (χ3v) is 6.50. The molecule has 1 atom stereocenters. The summed E-state index contributed by atoms with van der Waals surface area (Å²) in [4.78, 5) is 23.7. The van der Waals surface area contributed by atoms with E-state index < -0.39 is 22.0 Å². The Hall–Kier alpha value is -2.13. The summed E-state index contributed by atoms with van der Waals surface area (Å²) in [5.74, 6) is -0.998. The Morgan fingerprint density at radius 3 is 2.56 bits per heavy atom. The summed E-state index contributed by atoms with van der Waals surface area (Å²) < 4.78 is 30.8. The molecule has 1 aromatic rings. The number of carbonyl (C=O) groups is 2. The van der Waals surface area contributed by atoms with Crippen molar-refractivity contribution in [3.63, 3.8) is 0 Å². The highest BCUT2D eigenvalue weighted by molar-refractivity contribution is 7.89. The molecule has 1 saturated heterocycles. The third kappa shape index (κ3) is 4.98. The molecule has 0 saturated carbocycles. The van der Waals surface area contributed by atoms with E-state index in [9.17, 15) is 18.0 Å². The minimum Gasteiger partial charge on any atom is -0.496 e. The van der Waals surface area contributed by atoms with Crippen molar-refractivity contribution < 1.29 is 27.9 Å². The van der Waals surface area contributed by atoms with E-state index >= 15 is 0 Å². The summed E-state index contributed by atoms with van der Waals surface area (Å²) in [5.41, 5.74) is 0.886. The molecule has 0 aliphatic carbocycles. The number of aromatic carboxylic acids is 1. The molecular formula is C18H26N2O6S. The Kier molecular flexibility index (Phi) is 6.83. The van der Waals surface area contributed by atoms with Crippen molar-refractivity contribution >= 4 is 21.9 Å². The number of hydrogen-bond acceptors (Lipinski definition) is 5. The van der Waals surface area contributed by atoms with Gasteiger partial charge in [-0.25, -0.2) is 13.2 Å². The molecule has 0 bridgehead atoms. The number of benzene rings is 1. The van der Waals surface area contributed by atoms with Crippen molar-refractivity contribution in [2.45, 2.75) is 32.7 Å². The fourth-order valence-corrected chi connectivity index (χ4v) is 5.07. The van der Waals surface area contributed by atoms with Crippen LogP contribution in [0.5, 0.6) is 5.75 Å². The lowest BCUT2D eigenvalue weighted by atomic mass is 10.0. The van der Waals surface area contributed by atoms with Gasteiger partial charge in [-0.1, -0.05) is 19.9 Å². The van der Waals surface area contributed by atoms with Gasteiger partial charge in [0.05, 0.1) is 18.4 Å². The number of rotatable bonds is 8. The zero-order valence-corrected chi connectivity index (χ0v) is 16.6. The Labute approximate surface area is 159 Å². The number of carboxylic acids is 1. The lowest BCUT2D eigenvalue weighted by molar-refractivity contribution is -0.126. The molecule has 0 radical (unpaired) electrons. The number of amides is 1. The molecule has 2 rings (SSSR count).